The van der Waals surface area contributed by atoms with Gasteiger partial charge in [0.1, 0.15) is 0 Å². The summed E-state index contributed by atoms with van der Waals surface area (Å²) in [6.07, 6.45) is 0. The lowest BCUT2D eigenvalue weighted by Gasteiger charge is -2.34. The first kappa shape index (κ1) is 20.1. The normalized spacial score (nSPS) is 14.3. The second-order valence-corrected chi connectivity index (χ2v) is 8.16. The summed E-state index contributed by atoms with van der Waals surface area (Å²) >= 11 is 13.3. The van der Waals surface area contributed by atoms with Gasteiger partial charge in [0, 0.05) is 47.5 Å². The van der Waals surface area contributed by atoms with Crippen molar-refractivity contribution in [1.29, 1.82) is 0 Å². The minimum absolute atomic E-state index is 0.0177. The molecule has 0 aliphatic carbocycles. The molecular formula is C20H20Cl2N2O2S. The summed E-state index contributed by atoms with van der Waals surface area (Å²) < 4.78 is 0. The highest BCUT2D eigenvalue weighted by atomic mass is 35.5. The molecule has 1 aliphatic rings. The molecule has 0 unspecified atom stereocenters. The molecule has 0 aromatic heterocycles. The SMILES string of the molecule is O=C(CSCc1ccc(Cl)cc1)N1CCN(C(=O)c2ccc(Cl)cc2)CC1. The summed E-state index contributed by atoms with van der Waals surface area (Å²) in [5.74, 6) is 1.31. The average molecular weight is 423 g/mol. The zero-order chi connectivity index (χ0) is 19.2. The van der Waals surface area contributed by atoms with E-state index in [0.29, 0.717) is 47.5 Å². The van der Waals surface area contributed by atoms with Crippen molar-refractivity contribution in [2.24, 2.45) is 0 Å². The maximum absolute atomic E-state index is 12.5. The van der Waals surface area contributed by atoms with Crippen LogP contribution in [0.1, 0.15) is 15.9 Å². The Labute approximate surface area is 173 Å². The van der Waals surface area contributed by atoms with E-state index in [1.165, 1.54) is 0 Å². The molecule has 142 valence electrons. The number of piperazine rings is 1. The van der Waals surface area contributed by atoms with Gasteiger partial charge in [0.25, 0.3) is 5.91 Å². The van der Waals surface area contributed by atoms with Crippen LogP contribution in [0.15, 0.2) is 48.5 Å². The van der Waals surface area contributed by atoms with E-state index in [1.54, 1.807) is 40.9 Å². The molecule has 0 radical (unpaired) electrons. The van der Waals surface area contributed by atoms with Gasteiger partial charge in [0.15, 0.2) is 0 Å². The molecule has 1 aliphatic heterocycles. The van der Waals surface area contributed by atoms with Gasteiger partial charge in [-0.2, -0.15) is 0 Å². The zero-order valence-corrected chi connectivity index (χ0v) is 17.1. The summed E-state index contributed by atoms with van der Waals surface area (Å²) in [5.41, 5.74) is 1.77. The molecule has 27 heavy (non-hydrogen) atoms. The summed E-state index contributed by atoms with van der Waals surface area (Å²) in [6, 6.07) is 14.6. The smallest absolute Gasteiger partial charge is 0.253 e. The Kier molecular flexibility index (Phi) is 7.05. The average Bonchev–Trinajstić information content (AvgIpc) is 2.69. The number of carbonyl (C=O) groups excluding carboxylic acids is 2. The zero-order valence-electron chi connectivity index (χ0n) is 14.7. The maximum Gasteiger partial charge on any atom is 0.253 e. The Bertz CT molecular complexity index is 789. The minimum atomic E-state index is -0.0177. The van der Waals surface area contributed by atoms with Crippen molar-refractivity contribution in [3.8, 4) is 0 Å². The highest BCUT2D eigenvalue weighted by Gasteiger charge is 2.24. The van der Waals surface area contributed by atoms with Gasteiger partial charge in [-0.05, 0) is 42.0 Å². The van der Waals surface area contributed by atoms with Crippen LogP contribution in [0.4, 0.5) is 0 Å². The second-order valence-electron chi connectivity index (χ2n) is 6.30. The van der Waals surface area contributed by atoms with Crippen LogP contribution < -0.4 is 0 Å². The lowest BCUT2D eigenvalue weighted by Crippen LogP contribution is -2.51. The maximum atomic E-state index is 12.5. The topological polar surface area (TPSA) is 40.6 Å². The van der Waals surface area contributed by atoms with Crippen LogP contribution in [0.2, 0.25) is 10.0 Å². The molecule has 4 nitrogen and oxygen atoms in total. The van der Waals surface area contributed by atoms with Crippen molar-refractivity contribution in [2.45, 2.75) is 5.75 Å². The van der Waals surface area contributed by atoms with E-state index in [4.69, 9.17) is 23.2 Å². The van der Waals surface area contributed by atoms with Gasteiger partial charge in [0.05, 0.1) is 5.75 Å². The van der Waals surface area contributed by atoms with E-state index >= 15 is 0 Å². The van der Waals surface area contributed by atoms with E-state index in [2.05, 4.69) is 0 Å². The predicted molar refractivity (Wildman–Crippen MR) is 112 cm³/mol. The fourth-order valence-corrected chi connectivity index (χ4v) is 4.00. The number of rotatable bonds is 5. The summed E-state index contributed by atoms with van der Waals surface area (Å²) in [4.78, 5) is 28.5. The fraction of sp³-hybridized carbons (Fsp3) is 0.300. The van der Waals surface area contributed by atoms with Crippen molar-refractivity contribution < 1.29 is 9.59 Å². The van der Waals surface area contributed by atoms with Gasteiger partial charge in [-0.3, -0.25) is 9.59 Å². The van der Waals surface area contributed by atoms with Crippen LogP contribution in [0.25, 0.3) is 0 Å². The van der Waals surface area contributed by atoms with E-state index in [9.17, 15) is 9.59 Å². The Morgan fingerprint density at radius 2 is 1.33 bits per heavy atom. The third-order valence-electron chi connectivity index (χ3n) is 4.42. The van der Waals surface area contributed by atoms with Crippen molar-refractivity contribution >= 4 is 46.8 Å². The molecule has 1 fully saturated rings. The number of nitrogens with zero attached hydrogens (tertiary/aromatic N) is 2. The number of carbonyl (C=O) groups is 2. The number of thioether (sulfide) groups is 1. The van der Waals surface area contributed by atoms with Crippen LogP contribution in [0.5, 0.6) is 0 Å². The third-order valence-corrected chi connectivity index (χ3v) is 5.91. The molecular weight excluding hydrogens is 403 g/mol. The molecule has 0 bridgehead atoms. The monoisotopic (exact) mass is 422 g/mol. The van der Waals surface area contributed by atoms with Gasteiger partial charge in [0.2, 0.25) is 5.91 Å². The molecule has 1 heterocycles. The molecule has 0 spiro atoms. The number of hydrogen-bond donors (Lipinski definition) is 0. The van der Waals surface area contributed by atoms with Crippen LogP contribution in [-0.2, 0) is 10.5 Å². The number of amides is 2. The number of halogens is 2. The van der Waals surface area contributed by atoms with Crippen molar-refractivity contribution in [1.82, 2.24) is 9.80 Å². The molecule has 2 aromatic carbocycles. The van der Waals surface area contributed by atoms with E-state index in [0.717, 1.165) is 11.3 Å². The highest BCUT2D eigenvalue weighted by Crippen LogP contribution is 2.17. The van der Waals surface area contributed by atoms with Crippen LogP contribution >= 0.6 is 35.0 Å². The third kappa shape index (κ3) is 5.64. The summed E-state index contributed by atoms with van der Waals surface area (Å²) in [5, 5.41) is 1.32. The first-order valence-corrected chi connectivity index (χ1v) is 10.6. The highest BCUT2D eigenvalue weighted by molar-refractivity contribution is 7.99. The Morgan fingerprint density at radius 1 is 0.815 bits per heavy atom. The van der Waals surface area contributed by atoms with Crippen molar-refractivity contribution in [3.05, 3.63) is 69.7 Å². The molecule has 3 rings (SSSR count). The molecule has 0 atom stereocenters. The summed E-state index contributed by atoms with van der Waals surface area (Å²) in [6.45, 7) is 2.24. The molecule has 0 N–H and O–H groups in total. The second kappa shape index (κ2) is 9.49. The summed E-state index contributed by atoms with van der Waals surface area (Å²) in [7, 11) is 0. The van der Waals surface area contributed by atoms with Crippen LogP contribution in [0, 0.1) is 0 Å². The molecule has 2 amide bonds. The van der Waals surface area contributed by atoms with Gasteiger partial charge in [-0.25, -0.2) is 0 Å². The Morgan fingerprint density at radius 3 is 1.93 bits per heavy atom. The minimum Gasteiger partial charge on any atom is -0.338 e. The van der Waals surface area contributed by atoms with Gasteiger partial charge >= 0.3 is 0 Å². The Balaban J connectivity index is 1.42. The number of benzene rings is 2. The molecule has 0 saturated carbocycles. The quantitative estimate of drug-likeness (QED) is 0.724. The van der Waals surface area contributed by atoms with Crippen molar-refractivity contribution in [2.75, 3.05) is 31.9 Å². The first-order valence-electron chi connectivity index (χ1n) is 8.68. The van der Waals surface area contributed by atoms with Gasteiger partial charge in [-0.15, -0.1) is 11.8 Å². The molecule has 1 saturated heterocycles. The Hall–Kier alpha value is -1.69. The first-order chi connectivity index (χ1) is 13.0. The molecule has 7 heteroatoms. The van der Waals surface area contributed by atoms with E-state index in [1.807, 2.05) is 29.2 Å². The predicted octanol–water partition coefficient (Wildman–Crippen LogP) is 4.21. The van der Waals surface area contributed by atoms with Crippen molar-refractivity contribution in [3.63, 3.8) is 0 Å². The van der Waals surface area contributed by atoms with Crippen LogP contribution in [0.3, 0.4) is 0 Å². The van der Waals surface area contributed by atoms with Gasteiger partial charge < -0.3 is 9.80 Å². The standard InChI is InChI=1S/C20H20Cl2N2O2S/c21-17-5-1-15(2-6-17)13-27-14-19(25)23-9-11-24(12-10-23)20(26)16-3-7-18(22)8-4-16/h1-8H,9-14H2. The van der Waals surface area contributed by atoms with E-state index < -0.39 is 0 Å². The lowest BCUT2D eigenvalue weighted by molar-refractivity contribution is -0.129. The van der Waals surface area contributed by atoms with Crippen LogP contribution in [-0.4, -0.2) is 53.5 Å². The lowest BCUT2D eigenvalue weighted by atomic mass is 10.2. The number of hydrogen-bond acceptors (Lipinski definition) is 3. The molecule has 2 aromatic rings. The fourth-order valence-electron chi connectivity index (χ4n) is 2.86. The van der Waals surface area contributed by atoms with E-state index in [-0.39, 0.29) is 11.8 Å². The van der Waals surface area contributed by atoms with Gasteiger partial charge in [-0.1, -0.05) is 35.3 Å². The largest absolute Gasteiger partial charge is 0.338 e.